The summed E-state index contributed by atoms with van der Waals surface area (Å²) in [6.45, 7) is 5.00. The summed E-state index contributed by atoms with van der Waals surface area (Å²) in [5.74, 6) is 0.118. The normalized spacial score (nSPS) is 18.4. The van der Waals surface area contributed by atoms with E-state index in [1.54, 1.807) is 6.07 Å². The number of piperidine rings is 1. The number of hydrogen-bond donors (Lipinski definition) is 1. The molecule has 0 aliphatic carbocycles. The molecule has 0 aromatic heterocycles. The number of carboxylic acids is 1. The highest BCUT2D eigenvalue weighted by Crippen LogP contribution is 2.34. The number of hydrogen-bond acceptors (Lipinski definition) is 3. The van der Waals surface area contributed by atoms with Crippen molar-refractivity contribution in [2.75, 3.05) is 26.2 Å². The lowest BCUT2D eigenvalue weighted by Gasteiger charge is -2.38. The van der Waals surface area contributed by atoms with Crippen LogP contribution in [0.2, 0.25) is 5.02 Å². The fourth-order valence-electron chi connectivity index (χ4n) is 2.77. The van der Waals surface area contributed by atoms with Gasteiger partial charge in [0.1, 0.15) is 12.4 Å². The van der Waals surface area contributed by atoms with E-state index in [1.165, 1.54) is 0 Å². The predicted molar refractivity (Wildman–Crippen MR) is 83.0 cm³/mol. The van der Waals surface area contributed by atoms with Crippen LogP contribution < -0.4 is 4.74 Å². The summed E-state index contributed by atoms with van der Waals surface area (Å²) in [5.41, 5.74) is -0.523. The summed E-state index contributed by atoms with van der Waals surface area (Å²) in [7, 11) is 0. The average Bonchev–Trinajstić information content (AvgIpc) is 2.48. The van der Waals surface area contributed by atoms with E-state index in [2.05, 4.69) is 4.90 Å². The first-order chi connectivity index (χ1) is 10.1. The van der Waals surface area contributed by atoms with Crippen molar-refractivity contribution >= 4 is 17.6 Å². The van der Waals surface area contributed by atoms with Gasteiger partial charge in [0.05, 0.1) is 5.41 Å². The van der Waals surface area contributed by atoms with Gasteiger partial charge in [-0.05, 0) is 50.6 Å². The van der Waals surface area contributed by atoms with Crippen LogP contribution >= 0.6 is 11.6 Å². The second-order valence-corrected chi connectivity index (χ2v) is 6.02. The minimum absolute atomic E-state index is 0.523. The summed E-state index contributed by atoms with van der Waals surface area (Å²) >= 11 is 5.90. The van der Waals surface area contributed by atoms with E-state index < -0.39 is 11.4 Å². The van der Waals surface area contributed by atoms with E-state index in [1.807, 2.05) is 25.1 Å². The standard InChI is InChI=1S/C16H22ClNO3/c1-2-16(15(19)20)6-8-18(9-7-16)10-11-21-14-5-3-4-13(17)12-14/h3-5,12H,2,6-11H2,1H3,(H,19,20). The highest BCUT2D eigenvalue weighted by Gasteiger charge is 2.39. The summed E-state index contributed by atoms with van der Waals surface area (Å²) in [4.78, 5) is 13.7. The number of halogens is 1. The van der Waals surface area contributed by atoms with Crippen LogP contribution in [0.25, 0.3) is 0 Å². The van der Waals surface area contributed by atoms with Gasteiger partial charge in [-0.1, -0.05) is 24.6 Å². The Labute approximate surface area is 130 Å². The summed E-state index contributed by atoms with van der Waals surface area (Å²) in [6, 6.07) is 7.36. The molecule has 2 rings (SSSR count). The van der Waals surface area contributed by atoms with E-state index in [0.717, 1.165) is 38.2 Å². The minimum Gasteiger partial charge on any atom is -0.492 e. The third kappa shape index (κ3) is 4.11. The van der Waals surface area contributed by atoms with Crippen LogP contribution in [-0.2, 0) is 4.79 Å². The largest absolute Gasteiger partial charge is 0.492 e. The van der Waals surface area contributed by atoms with Crippen LogP contribution in [0.4, 0.5) is 0 Å². The Hall–Kier alpha value is -1.26. The average molecular weight is 312 g/mol. The third-order valence-corrected chi connectivity index (χ3v) is 4.65. The van der Waals surface area contributed by atoms with E-state index in [0.29, 0.717) is 18.1 Å². The Balaban J connectivity index is 1.75. The molecule has 0 bridgehead atoms. The maximum Gasteiger partial charge on any atom is 0.309 e. The third-order valence-electron chi connectivity index (χ3n) is 4.42. The Bertz CT molecular complexity index is 484. The number of carboxylic acid groups (broad SMARTS) is 1. The molecular weight excluding hydrogens is 290 g/mol. The molecule has 1 aromatic carbocycles. The number of likely N-dealkylation sites (tertiary alicyclic amines) is 1. The van der Waals surface area contributed by atoms with Crippen molar-refractivity contribution < 1.29 is 14.6 Å². The molecule has 1 heterocycles. The lowest BCUT2D eigenvalue weighted by atomic mass is 9.76. The van der Waals surface area contributed by atoms with Crippen molar-refractivity contribution in [3.8, 4) is 5.75 Å². The van der Waals surface area contributed by atoms with Crippen molar-refractivity contribution in [1.29, 1.82) is 0 Å². The van der Waals surface area contributed by atoms with Crippen molar-refractivity contribution in [1.82, 2.24) is 4.90 Å². The first-order valence-electron chi connectivity index (χ1n) is 7.40. The SMILES string of the molecule is CCC1(C(=O)O)CCN(CCOc2cccc(Cl)c2)CC1. The lowest BCUT2D eigenvalue weighted by Crippen LogP contribution is -2.45. The topological polar surface area (TPSA) is 49.8 Å². The smallest absolute Gasteiger partial charge is 0.309 e. The lowest BCUT2D eigenvalue weighted by molar-refractivity contribution is -0.152. The number of benzene rings is 1. The minimum atomic E-state index is -0.653. The quantitative estimate of drug-likeness (QED) is 0.876. The predicted octanol–water partition coefficient (Wildman–Crippen LogP) is 3.30. The number of aliphatic carboxylic acids is 1. The first-order valence-corrected chi connectivity index (χ1v) is 7.78. The summed E-state index contributed by atoms with van der Waals surface area (Å²) < 4.78 is 5.67. The molecule has 1 aromatic rings. The molecule has 116 valence electrons. The summed E-state index contributed by atoms with van der Waals surface area (Å²) in [5, 5.41) is 10.0. The summed E-state index contributed by atoms with van der Waals surface area (Å²) in [6.07, 6.45) is 2.14. The van der Waals surface area contributed by atoms with Gasteiger partial charge in [-0.15, -0.1) is 0 Å². The van der Waals surface area contributed by atoms with Gasteiger partial charge in [0.2, 0.25) is 0 Å². The molecule has 1 N–H and O–H groups in total. The maximum absolute atomic E-state index is 11.4. The van der Waals surface area contributed by atoms with Gasteiger partial charge >= 0.3 is 5.97 Å². The van der Waals surface area contributed by atoms with Crippen LogP contribution in [0.3, 0.4) is 0 Å². The van der Waals surface area contributed by atoms with Gasteiger partial charge in [-0.2, -0.15) is 0 Å². The number of nitrogens with zero attached hydrogens (tertiary/aromatic N) is 1. The maximum atomic E-state index is 11.4. The molecule has 5 heteroatoms. The second-order valence-electron chi connectivity index (χ2n) is 5.59. The number of rotatable bonds is 6. The molecule has 0 atom stereocenters. The van der Waals surface area contributed by atoms with E-state index in [-0.39, 0.29) is 0 Å². The highest BCUT2D eigenvalue weighted by molar-refractivity contribution is 6.30. The van der Waals surface area contributed by atoms with E-state index in [9.17, 15) is 9.90 Å². The van der Waals surface area contributed by atoms with Gasteiger partial charge in [0, 0.05) is 11.6 Å². The second kappa shape index (κ2) is 7.14. The Morgan fingerprint density at radius 2 is 2.14 bits per heavy atom. The van der Waals surface area contributed by atoms with Gasteiger partial charge in [0.15, 0.2) is 0 Å². The van der Waals surface area contributed by atoms with Crippen LogP contribution in [-0.4, -0.2) is 42.2 Å². The molecule has 0 spiro atoms. The molecule has 0 radical (unpaired) electrons. The van der Waals surface area contributed by atoms with Crippen molar-refractivity contribution in [2.45, 2.75) is 26.2 Å². The van der Waals surface area contributed by atoms with Gasteiger partial charge in [0.25, 0.3) is 0 Å². The molecule has 0 saturated carbocycles. The van der Waals surface area contributed by atoms with Gasteiger partial charge in [-0.3, -0.25) is 9.69 Å². The van der Waals surface area contributed by atoms with Crippen LogP contribution in [0, 0.1) is 5.41 Å². The Morgan fingerprint density at radius 1 is 1.43 bits per heavy atom. The molecule has 4 nitrogen and oxygen atoms in total. The molecule has 1 saturated heterocycles. The van der Waals surface area contributed by atoms with E-state index in [4.69, 9.17) is 16.3 Å². The molecule has 1 aliphatic heterocycles. The Kier molecular flexibility index (Phi) is 5.48. The van der Waals surface area contributed by atoms with Crippen molar-refractivity contribution in [3.63, 3.8) is 0 Å². The zero-order valence-electron chi connectivity index (χ0n) is 12.3. The van der Waals surface area contributed by atoms with E-state index >= 15 is 0 Å². The van der Waals surface area contributed by atoms with Crippen LogP contribution in [0.15, 0.2) is 24.3 Å². The molecule has 1 fully saturated rings. The van der Waals surface area contributed by atoms with Gasteiger partial charge in [-0.25, -0.2) is 0 Å². The number of carbonyl (C=O) groups is 1. The molecular formula is C16H22ClNO3. The Morgan fingerprint density at radius 3 is 2.71 bits per heavy atom. The first kappa shape index (κ1) is 16.1. The zero-order chi connectivity index (χ0) is 15.3. The van der Waals surface area contributed by atoms with Crippen LogP contribution in [0.1, 0.15) is 26.2 Å². The van der Waals surface area contributed by atoms with Crippen molar-refractivity contribution in [2.24, 2.45) is 5.41 Å². The molecule has 21 heavy (non-hydrogen) atoms. The fraction of sp³-hybridized carbons (Fsp3) is 0.562. The zero-order valence-corrected chi connectivity index (χ0v) is 13.1. The number of ether oxygens (including phenoxy) is 1. The highest BCUT2D eigenvalue weighted by atomic mass is 35.5. The monoisotopic (exact) mass is 311 g/mol. The fourth-order valence-corrected chi connectivity index (χ4v) is 2.95. The molecule has 0 amide bonds. The molecule has 1 aliphatic rings. The van der Waals surface area contributed by atoms with Gasteiger partial charge < -0.3 is 9.84 Å². The molecule has 0 unspecified atom stereocenters. The van der Waals surface area contributed by atoms with Crippen molar-refractivity contribution in [3.05, 3.63) is 29.3 Å². The van der Waals surface area contributed by atoms with Crippen LogP contribution in [0.5, 0.6) is 5.75 Å².